The maximum absolute atomic E-state index is 13.2. The Bertz CT molecular complexity index is 1480. The molecule has 2 atom stereocenters. The number of carbonyl (C=O) groups excluding carboxylic acids is 1. The molecule has 0 spiro atoms. The number of aromatic carboxylic acids is 1. The fourth-order valence-corrected chi connectivity index (χ4v) is 4.77. The second kappa shape index (κ2) is 10.2. The summed E-state index contributed by atoms with van der Waals surface area (Å²) in [6.07, 6.45) is 5.37. The van der Waals surface area contributed by atoms with E-state index in [4.69, 9.17) is 23.2 Å². The largest absolute Gasteiger partial charge is 0.618 e. The number of carboxylic acid groups (broad SMARTS) is 1. The zero-order valence-electron chi connectivity index (χ0n) is 19.2. The molecule has 2 aromatic carbocycles. The molecule has 10 nitrogen and oxygen atoms in total. The van der Waals surface area contributed by atoms with Gasteiger partial charge in [0.25, 0.3) is 0 Å². The summed E-state index contributed by atoms with van der Waals surface area (Å²) in [7, 11) is 0. The van der Waals surface area contributed by atoms with Crippen LogP contribution in [0.25, 0.3) is 16.8 Å². The van der Waals surface area contributed by atoms with Crippen LogP contribution in [0.5, 0.6) is 0 Å². The molecule has 5 rings (SSSR count). The van der Waals surface area contributed by atoms with Crippen LogP contribution in [0.2, 0.25) is 10.0 Å². The van der Waals surface area contributed by atoms with E-state index >= 15 is 0 Å². The van der Waals surface area contributed by atoms with Gasteiger partial charge in [0.15, 0.2) is 6.20 Å². The van der Waals surface area contributed by atoms with Gasteiger partial charge in [-0.25, -0.2) is 4.79 Å². The van der Waals surface area contributed by atoms with Gasteiger partial charge in [0.2, 0.25) is 5.69 Å². The highest BCUT2D eigenvalue weighted by molar-refractivity contribution is 6.33. The van der Waals surface area contributed by atoms with E-state index in [2.05, 4.69) is 20.8 Å². The van der Waals surface area contributed by atoms with Crippen LogP contribution in [0.15, 0.2) is 61.1 Å². The molecule has 0 bridgehead atoms. The molecule has 1 aliphatic carbocycles. The quantitative estimate of drug-likeness (QED) is 0.184. The maximum atomic E-state index is 13.2. The topological polar surface area (TPSA) is 137 Å². The summed E-state index contributed by atoms with van der Waals surface area (Å²) in [5, 5.41) is 37.7. The Morgan fingerprint density at radius 2 is 2.00 bits per heavy atom. The zero-order chi connectivity index (χ0) is 26.1. The van der Waals surface area contributed by atoms with E-state index < -0.39 is 17.9 Å². The van der Waals surface area contributed by atoms with Crippen LogP contribution in [0, 0.1) is 11.1 Å². The van der Waals surface area contributed by atoms with Crippen LogP contribution >= 0.6 is 23.2 Å². The Morgan fingerprint density at radius 1 is 1.19 bits per heavy atom. The smallest absolute Gasteiger partial charge is 0.335 e. The number of aromatic nitrogens is 5. The number of benzene rings is 2. The summed E-state index contributed by atoms with van der Waals surface area (Å²) in [6, 6.07) is 12.5. The molecular weight excluding hydrogens is 519 g/mol. The van der Waals surface area contributed by atoms with Crippen LogP contribution in [-0.4, -0.2) is 43.6 Å². The van der Waals surface area contributed by atoms with Crippen molar-refractivity contribution in [2.24, 2.45) is 5.92 Å². The van der Waals surface area contributed by atoms with Crippen molar-refractivity contribution in [2.45, 2.75) is 24.8 Å². The Kier molecular flexibility index (Phi) is 6.77. The van der Waals surface area contributed by atoms with Crippen molar-refractivity contribution in [2.75, 3.05) is 5.32 Å². The molecule has 4 aromatic rings. The molecule has 12 heteroatoms. The third-order valence-electron chi connectivity index (χ3n) is 6.35. The lowest BCUT2D eigenvalue weighted by molar-refractivity contribution is -0.614. The highest BCUT2D eigenvalue weighted by Crippen LogP contribution is 2.41. The zero-order valence-corrected chi connectivity index (χ0v) is 20.7. The van der Waals surface area contributed by atoms with Crippen molar-refractivity contribution >= 4 is 41.1 Å². The average molecular weight is 539 g/mol. The van der Waals surface area contributed by atoms with E-state index in [0.29, 0.717) is 32.3 Å². The van der Waals surface area contributed by atoms with Gasteiger partial charge in [-0.3, -0.25) is 0 Å². The molecule has 2 aromatic heterocycles. The number of hydrogen-bond donors (Lipinski definition) is 2. The van der Waals surface area contributed by atoms with Crippen LogP contribution in [0.1, 0.15) is 34.8 Å². The normalized spacial score (nSPS) is 14.6. The maximum Gasteiger partial charge on any atom is 0.335 e. The second-order valence-electron chi connectivity index (χ2n) is 8.75. The Morgan fingerprint density at radius 3 is 2.62 bits per heavy atom. The minimum Gasteiger partial charge on any atom is -0.618 e. The molecular formula is C25H20Cl2N6O4. The minimum atomic E-state index is -1.09. The fourth-order valence-electron chi connectivity index (χ4n) is 4.36. The van der Waals surface area contributed by atoms with Gasteiger partial charge in [-0.1, -0.05) is 23.2 Å². The van der Waals surface area contributed by atoms with E-state index in [1.807, 2.05) is 0 Å². The highest BCUT2D eigenvalue weighted by atomic mass is 35.5. The van der Waals surface area contributed by atoms with Gasteiger partial charge in [-0.15, -0.1) is 5.10 Å². The van der Waals surface area contributed by atoms with E-state index in [1.165, 1.54) is 29.3 Å². The number of nitrogens with one attached hydrogen (secondary N) is 1. The standard InChI is InChI=1S/C25H20Cl2N6O4/c26-17-5-8-22(32-13-28-30-31-32)18(10-17)16-4-7-23(33(37)11-16)19(12-34)24(14-1-2-14)29-21-6-3-15(25(35)36)9-20(21)27/h3-14,19,24,29H,1-2H2,(H,35,36). The fraction of sp³-hybridized carbons (Fsp3) is 0.200. The van der Waals surface area contributed by atoms with Crippen LogP contribution in [0.4, 0.5) is 5.69 Å². The number of hydrogen-bond acceptors (Lipinski definition) is 7. The van der Waals surface area contributed by atoms with Crippen molar-refractivity contribution in [1.29, 1.82) is 0 Å². The molecule has 2 heterocycles. The molecule has 1 fully saturated rings. The van der Waals surface area contributed by atoms with Gasteiger partial charge < -0.3 is 20.4 Å². The molecule has 1 saturated carbocycles. The number of rotatable bonds is 9. The molecule has 0 amide bonds. The summed E-state index contributed by atoms with van der Waals surface area (Å²) in [4.78, 5) is 23.6. The number of tetrazole rings is 1. The summed E-state index contributed by atoms with van der Waals surface area (Å²) in [5.41, 5.74) is 2.66. The van der Waals surface area contributed by atoms with Gasteiger partial charge in [0.1, 0.15) is 18.5 Å². The van der Waals surface area contributed by atoms with Crippen molar-refractivity contribution in [3.05, 3.63) is 87.6 Å². The summed E-state index contributed by atoms with van der Waals surface area (Å²) in [6.45, 7) is 0. The average Bonchev–Trinajstić information content (AvgIpc) is 3.58. The lowest BCUT2D eigenvalue weighted by Gasteiger charge is -2.25. The Balaban J connectivity index is 1.48. The van der Waals surface area contributed by atoms with Gasteiger partial charge in [-0.05, 0) is 71.7 Å². The molecule has 37 heavy (non-hydrogen) atoms. The van der Waals surface area contributed by atoms with Crippen LogP contribution in [0.3, 0.4) is 0 Å². The predicted molar refractivity (Wildman–Crippen MR) is 136 cm³/mol. The summed E-state index contributed by atoms with van der Waals surface area (Å²) < 4.78 is 2.15. The van der Waals surface area contributed by atoms with E-state index in [9.17, 15) is 19.9 Å². The van der Waals surface area contributed by atoms with Gasteiger partial charge in [0.05, 0.1) is 22.0 Å². The summed E-state index contributed by atoms with van der Waals surface area (Å²) in [5.74, 6) is -1.70. The second-order valence-corrected chi connectivity index (χ2v) is 9.60. The third-order valence-corrected chi connectivity index (χ3v) is 6.90. The first-order chi connectivity index (χ1) is 17.9. The third kappa shape index (κ3) is 5.11. The molecule has 1 aliphatic rings. The van der Waals surface area contributed by atoms with E-state index in [1.54, 1.807) is 36.4 Å². The minimum absolute atomic E-state index is 0.0560. The van der Waals surface area contributed by atoms with Gasteiger partial charge in [0, 0.05) is 28.3 Å². The van der Waals surface area contributed by atoms with Gasteiger partial charge >= 0.3 is 5.97 Å². The molecule has 2 unspecified atom stereocenters. The predicted octanol–water partition coefficient (Wildman–Crippen LogP) is 4.14. The highest BCUT2D eigenvalue weighted by Gasteiger charge is 2.40. The Hall–Kier alpha value is -4.02. The molecule has 0 aliphatic heterocycles. The molecule has 0 radical (unpaired) electrons. The number of aldehydes is 1. The number of halogens is 2. The lowest BCUT2D eigenvalue weighted by atomic mass is 9.92. The first-order valence-corrected chi connectivity index (χ1v) is 12.1. The number of pyridine rings is 1. The molecule has 0 saturated heterocycles. The number of nitrogens with zero attached hydrogens (tertiary/aromatic N) is 5. The molecule has 188 valence electrons. The number of carboxylic acids is 1. The monoisotopic (exact) mass is 538 g/mol. The van der Waals surface area contributed by atoms with E-state index in [-0.39, 0.29) is 22.2 Å². The number of anilines is 1. The van der Waals surface area contributed by atoms with Crippen molar-refractivity contribution < 1.29 is 19.4 Å². The van der Waals surface area contributed by atoms with Crippen molar-refractivity contribution in [3.63, 3.8) is 0 Å². The first kappa shape index (κ1) is 24.7. The Labute approximate surface area is 221 Å². The lowest BCUT2D eigenvalue weighted by Crippen LogP contribution is -2.40. The van der Waals surface area contributed by atoms with Crippen LogP contribution in [-0.2, 0) is 4.79 Å². The van der Waals surface area contributed by atoms with Crippen molar-refractivity contribution in [1.82, 2.24) is 20.2 Å². The van der Waals surface area contributed by atoms with E-state index in [0.717, 1.165) is 19.1 Å². The summed E-state index contributed by atoms with van der Waals surface area (Å²) >= 11 is 12.5. The number of carbonyl (C=O) groups is 2. The SMILES string of the molecule is O=CC(c1ccc(-c2cc(Cl)ccc2-n2cnnn2)c[n+]1[O-])C(Nc1ccc(C(=O)O)cc1Cl)C1CC1. The van der Waals surface area contributed by atoms with Crippen molar-refractivity contribution in [3.8, 4) is 16.8 Å². The van der Waals surface area contributed by atoms with Gasteiger partial charge in [-0.2, -0.15) is 9.41 Å². The first-order valence-electron chi connectivity index (χ1n) is 11.4. The van der Waals surface area contributed by atoms with Crippen LogP contribution < -0.4 is 10.0 Å². The molecule has 2 N–H and O–H groups in total.